The lowest BCUT2D eigenvalue weighted by molar-refractivity contribution is 0.603. The van der Waals surface area contributed by atoms with Gasteiger partial charge in [-0.1, -0.05) is 30.7 Å². The Morgan fingerprint density at radius 2 is 1.89 bits per heavy atom. The quantitative estimate of drug-likeness (QED) is 0.618. The first-order valence-corrected chi connectivity index (χ1v) is 6.91. The Morgan fingerprint density at radius 3 is 2.44 bits per heavy atom. The Balaban J connectivity index is 2.36. The molecule has 0 bridgehead atoms. The van der Waals surface area contributed by atoms with Crippen molar-refractivity contribution in [2.24, 2.45) is 0 Å². The smallest absolute Gasteiger partial charge is 0.181 e. The third-order valence-corrected chi connectivity index (χ3v) is 3.54. The average Bonchev–Trinajstić information content (AvgIpc) is 2.37. The lowest BCUT2D eigenvalue weighted by Gasteiger charge is -2.05. The fraction of sp³-hybridized carbons (Fsp3) is 0.231. The Bertz CT molecular complexity index is 534. The van der Waals surface area contributed by atoms with Gasteiger partial charge in [0.25, 0.3) is 0 Å². The van der Waals surface area contributed by atoms with E-state index >= 15 is 0 Å². The fourth-order valence-corrected chi connectivity index (χ4v) is 2.40. The molecule has 2 rings (SSSR count). The van der Waals surface area contributed by atoms with Crippen molar-refractivity contribution in [3.8, 4) is 11.4 Å². The first kappa shape index (κ1) is 13.3. The van der Waals surface area contributed by atoms with Gasteiger partial charge in [-0.15, -0.1) is 11.8 Å². The molecule has 1 heterocycles. The van der Waals surface area contributed by atoms with E-state index in [0.29, 0.717) is 5.82 Å². The predicted octanol–water partition coefficient (Wildman–Crippen LogP) is 4.36. The fourth-order valence-electron chi connectivity index (χ4n) is 1.52. The van der Waals surface area contributed by atoms with Gasteiger partial charge in [0, 0.05) is 10.5 Å². The molecule has 18 heavy (non-hydrogen) atoms. The molecule has 0 radical (unpaired) electrons. The van der Waals surface area contributed by atoms with E-state index in [2.05, 4.69) is 16.9 Å². The number of benzene rings is 1. The summed E-state index contributed by atoms with van der Waals surface area (Å²) in [5.41, 5.74) is 1.09. The van der Waals surface area contributed by atoms with Gasteiger partial charge in [0.05, 0.1) is 5.69 Å². The largest absolute Gasteiger partial charge is 0.230 e. The molecule has 5 heteroatoms. The molecule has 1 aromatic carbocycles. The van der Waals surface area contributed by atoms with Crippen molar-refractivity contribution in [3.63, 3.8) is 0 Å². The highest BCUT2D eigenvalue weighted by molar-refractivity contribution is 7.99. The Hall–Kier alpha value is -1.13. The number of aryl methyl sites for hydroxylation is 1. The van der Waals surface area contributed by atoms with Crippen molar-refractivity contribution in [1.82, 2.24) is 9.97 Å². The zero-order chi connectivity index (χ0) is 13.1. The van der Waals surface area contributed by atoms with Crippen LogP contribution in [0.2, 0.25) is 5.15 Å². The SMILES string of the molecule is CCSc1ccc(-c2nc(C)c(F)c(Cl)n2)cc1. The average molecular weight is 283 g/mol. The van der Waals surface area contributed by atoms with Crippen LogP contribution in [-0.4, -0.2) is 15.7 Å². The molecule has 0 saturated carbocycles. The maximum atomic E-state index is 13.3. The number of nitrogens with zero attached hydrogens (tertiary/aromatic N) is 2. The Morgan fingerprint density at radius 1 is 1.22 bits per heavy atom. The highest BCUT2D eigenvalue weighted by Gasteiger charge is 2.10. The van der Waals surface area contributed by atoms with Crippen molar-refractivity contribution in [1.29, 1.82) is 0 Å². The number of rotatable bonds is 3. The van der Waals surface area contributed by atoms with E-state index in [1.807, 2.05) is 24.3 Å². The van der Waals surface area contributed by atoms with Crippen LogP contribution >= 0.6 is 23.4 Å². The molecular formula is C13H12ClFN2S. The summed E-state index contributed by atoms with van der Waals surface area (Å²) in [7, 11) is 0. The van der Waals surface area contributed by atoms with Gasteiger partial charge in [-0.2, -0.15) is 0 Å². The summed E-state index contributed by atoms with van der Waals surface area (Å²) in [6.07, 6.45) is 0. The van der Waals surface area contributed by atoms with E-state index in [9.17, 15) is 4.39 Å². The highest BCUT2D eigenvalue weighted by atomic mass is 35.5. The minimum atomic E-state index is -0.557. The molecule has 0 saturated heterocycles. The topological polar surface area (TPSA) is 25.8 Å². The second-order valence-corrected chi connectivity index (χ2v) is 5.39. The molecule has 94 valence electrons. The van der Waals surface area contributed by atoms with Crippen molar-refractivity contribution >= 4 is 23.4 Å². The summed E-state index contributed by atoms with van der Waals surface area (Å²) in [6.45, 7) is 3.68. The summed E-state index contributed by atoms with van der Waals surface area (Å²) in [6, 6.07) is 7.83. The van der Waals surface area contributed by atoms with Gasteiger partial charge in [0.15, 0.2) is 16.8 Å². The summed E-state index contributed by atoms with van der Waals surface area (Å²) < 4.78 is 13.3. The summed E-state index contributed by atoms with van der Waals surface area (Å²) >= 11 is 7.48. The van der Waals surface area contributed by atoms with E-state index in [4.69, 9.17) is 11.6 Å². The summed E-state index contributed by atoms with van der Waals surface area (Å²) in [5.74, 6) is 0.919. The van der Waals surface area contributed by atoms with Crippen LogP contribution in [0, 0.1) is 12.7 Å². The van der Waals surface area contributed by atoms with Gasteiger partial charge in [-0.05, 0) is 24.8 Å². The number of hydrogen-bond acceptors (Lipinski definition) is 3. The standard InChI is InChI=1S/C13H12ClFN2S/c1-3-18-10-6-4-9(5-7-10)13-16-8(2)11(15)12(14)17-13/h4-7H,3H2,1-2H3. The molecule has 0 aliphatic heterocycles. The molecule has 0 N–H and O–H groups in total. The molecule has 2 nitrogen and oxygen atoms in total. The number of halogens is 2. The zero-order valence-electron chi connectivity index (χ0n) is 10.1. The second-order valence-electron chi connectivity index (χ2n) is 3.69. The van der Waals surface area contributed by atoms with Crippen LogP contribution in [0.25, 0.3) is 11.4 Å². The van der Waals surface area contributed by atoms with Crippen molar-refractivity contribution < 1.29 is 4.39 Å². The lowest BCUT2D eigenvalue weighted by Crippen LogP contribution is -1.97. The molecule has 0 fully saturated rings. The van der Waals surface area contributed by atoms with Gasteiger partial charge in [-0.25, -0.2) is 14.4 Å². The summed E-state index contributed by atoms with van der Waals surface area (Å²) in [5, 5.41) is -0.135. The van der Waals surface area contributed by atoms with E-state index in [1.54, 1.807) is 18.7 Å². The van der Waals surface area contributed by atoms with E-state index in [0.717, 1.165) is 11.3 Å². The molecule has 0 aliphatic carbocycles. The minimum Gasteiger partial charge on any atom is -0.230 e. The molecule has 0 atom stereocenters. The third-order valence-electron chi connectivity index (χ3n) is 2.40. The van der Waals surface area contributed by atoms with Crippen molar-refractivity contribution in [2.75, 3.05) is 5.75 Å². The zero-order valence-corrected chi connectivity index (χ0v) is 11.6. The van der Waals surface area contributed by atoms with E-state index < -0.39 is 5.82 Å². The van der Waals surface area contributed by atoms with Crippen LogP contribution in [0.1, 0.15) is 12.6 Å². The van der Waals surface area contributed by atoms with Crippen LogP contribution < -0.4 is 0 Å². The predicted molar refractivity (Wildman–Crippen MR) is 73.6 cm³/mol. The maximum absolute atomic E-state index is 13.3. The van der Waals surface area contributed by atoms with Gasteiger partial charge in [0.2, 0.25) is 0 Å². The molecule has 2 aromatic rings. The summed E-state index contributed by atoms with van der Waals surface area (Å²) in [4.78, 5) is 9.24. The van der Waals surface area contributed by atoms with E-state index in [-0.39, 0.29) is 10.8 Å². The van der Waals surface area contributed by atoms with Crippen LogP contribution in [0.3, 0.4) is 0 Å². The van der Waals surface area contributed by atoms with Gasteiger partial charge < -0.3 is 0 Å². The first-order chi connectivity index (χ1) is 8.61. The van der Waals surface area contributed by atoms with Crippen LogP contribution in [0.4, 0.5) is 4.39 Å². The van der Waals surface area contributed by atoms with Gasteiger partial charge >= 0.3 is 0 Å². The molecule has 0 unspecified atom stereocenters. The van der Waals surface area contributed by atoms with Crippen molar-refractivity contribution in [3.05, 3.63) is 40.9 Å². The molecule has 1 aromatic heterocycles. The van der Waals surface area contributed by atoms with Gasteiger partial charge in [-0.3, -0.25) is 0 Å². The molecule has 0 spiro atoms. The second kappa shape index (κ2) is 5.67. The monoisotopic (exact) mass is 282 g/mol. The third kappa shape index (κ3) is 2.82. The minimum absolute atomic E-state index is 0.135. The lowest BCUT2D eigenvalue weighted by atomic mass is 10.2. The number of aromatic nitrogens is 2. The van der Waals surface area contributed by atoms with Crippen molar-refractivity contribution in [2.45, 2.75) is 18.7 Å². The molecule has 0 aliphatic rings. The molecule has 0 amide bonds. The van der Waals surface area contributed by atoms with Gasteiger partial charge in [0.1, 0.15) is 0 Å². The first-order valence-electron chi connectivity index (χ1n) is 5.54. The van der Waals surface area contributed by atoms with Crippen LogP contribution in [0.15, 0.2) is 29.2 Å². The van der Waals surface area contributed by atoms with E-state index in [1.165, 1.54) is 4.90 Å². The number of thioether (sulfide) groups is 1. The highest BCUT2D eigenvalue weighted by Crippen LogP contribution is 2.24. The Labute approximate surface area is 115 Å². The van der Waals surface area contributed by atoms with Crippen LogP contribution in [-0.2, 0) is 0 Å². The number of hydrogen-bond donors (Lipinski definition) is 0. The van der Waals surface area contributed by atoms with Crippen LogP contribution in [0.5, 0.6) is 0 Å². The Kier molecular flexibility index (Phi) is 4.19. The molecular weight excluding hydrogens is 271 g/mol. The maximum Gasteiger partial charge on any atom is 0.181 e. The normalized spacial score (nSPS) is 10.7.